The number of nitrogens with two attached hydrogens (primary N) is 1. The van der Waals surface area contributed by atoms with Crippen molar-refractivity contribution in [3.05, 3.63) is 54.2 Å². The Balaban J connectivity index is 1.42. The highest BCUT2D eigenvalue weighted by molar-refractivity contribution is 7.98. The number of hydrogen-bond donors (Lipinski definition) is 2. The van der Waals surface area contributed by atoms with Crippen molar-refractivity contribution < 1.29 is 12.8 Å². The molecule has 31 heavy (non-hydrogen) atoms. The predicted octanol–water partition coefficient (Wildman–Crippen LogP) is 2.81. The minimum atomic E-state index is -3.49. The van der Waals surface area contributed by atoms with E-state index in [1.54, 1.807) is 24.3 Å². The van der Waals surface area contributed by atoms with Gasteiger partial charge < -0.3 is 11.1 Å². The van der Waals surface area contributed by atoms with Crippen LogP contribution in [0.4, 0.5) is 22.0 Å². The second kappa shape index (κ2) is 9.12. The quantitative estimate of drug-likeness (QED) is 0.511. The topological polar surface area (TPSA) is 127 Å². The van der Waals surface area contributed by atoms with Gasteiger partial charge >= 0.3 is 0 Å². The van der Waals surface area contributed by atoms with Crippen molar-refractivity contribution in [3.63, 3.8) is 0 Å². The molecular formula is C19H20FN7O2S2. The minimum Gasteiger partial charge on any atom is -0.368 e. The number of anilines is 3. The Hall–Kier alpha value is -2.83. The normalized spacial score (nSPS) is 14.6. The van der Waals surface area contributed by atoms with Gasteiger partial charge in [-0.2, -0.15) is 19.3 Å². The number of benzene rings is 1. The Bertz CT molecular complexity index is 1150. The third-order valence-corrected chi connectivity index (χ3v) is 7.38. The van der Waals surface area contributed by atoms with Crippen LogP contribution in [0.25, 0.3) is 0 Å². The molecule has 0 atom stereocenters. The van der Waals surface area contributed by atoms with E-state index < -0.39 is 10.0 Å². The Morgan fingerprint density at radius 2 is 1.81 bits per heavy atom. The molecule has 1 aliphatic heterocycles. The average molecular weight is 462 g/mol. The van der Waals surface area contributed by atoms with Crippen LogP contribution in [0.15, 0.2) is 52.5 Å². The second-order valence-electron chi connectivity index (χ2n) is 6.80. The van der Waals surface area contributed by atoms with Crippen molar-refractivity contribution in [3.8, 4) is 0 Å². The lowest BCUT2D eigenvalue weighted by atomic mass is 10.3. The van der Waals surface area contributed by atoms with Crippen molar-refractivity contribution in [1.29, 1.82) is 0 Å². The summed E-state index contributed by atoms with van der Waals surface area (Å²) in [5.41, 5.74) is 6.39. The van der Waals surface area contributed by atoms with Gasteiger partial charge in [-0.3, -0.25) is 0 Å². The van der Waals surface area contributed by atoms with Gasteiger partial charge in [-0.1, -0.05) is 11.8 Å². The van der Waals surface area contributed by atoms with E-state index in [4.69, 9.17) is 5.73 Å². The summed E-state index contributed by atoms with van der Waals surface area (Å²) in [7, 11) is -3.49. The number of nitrogens with one attached hydrogen (secondary N) is 1. The maximum Gasteiger partial charge on any atom is 0.244 e. The summed E-state index contributed by atoms with van der Waals surface area (Å²) in [6.45, 7) is 1.10. The Morgan fingerprint density at radius 1 is 1.06 bits per heavy atom. The molecule has 4 rings (SSSR count). The molecule has 162 valence electrons. The highest BCUT2D eigenvalue weighted by atomic mass is 32.2. The lowest BCUT2D eigenvalue weighted by Crippen LogP contribution is -2.27. The number of aromatic nitrogens is 4. The lowest BCUT2D eigenvalue weighted by molar-refractivity contribution is 0.477. The fraction of sp³-hybridized carbons (Fsp3) is 0.263. The zero-order valence-electron chi connectivity index (χ0n) is 16.4. The molecule has 3 heterocycles. The molecule has 2 aromatic heterocycles. The van der Waals surface area contributed by atoms with E-state index in [1.807, 2.05) is 0 Å². The van der Waals surface area contributed by atoms with Crippen LogP contribution in [0.5, 0.6) is 0 Å². The number of hydrogen-bond acceptors (Lipinski definition) is 9. The molecule has 3 aromatic rings. The van der Waals surface area contributed by atoms with Gasteiger partial charge in [-0.15, -0.1) is 0 Å². The first-order valence-electron chi connectivity index (χ1n) is 9.52. The van der Waals surface area contributed by atoms with Crippen molar-refractivity contribution in [2.75, 3.05) is 24.1 Å². The van der Waals surface area contributed by atoms with E-state index in [1.165, 1.54) is 34.4 Å². The molecule has 0 bridgehead atoms. The van der Waals surface area contributed by atoms with Crippen LogP contribution in [0, 0.1) is 5.82 Å². The molecule has 0 spiro atoms. The van der Waals surface area contributed by atoms with E-state index >= 15 is 0 Å². The number of rotatable bonds is 7. The van der Waals surface area contributed by atoms with Crippen LogP contribution >= 0.6 is 11.8 Å². The van der Waals surface area contributed by atoms with Crippen LogP contribution in [0.2, 0.25) is 0 Å². The number of nitrogens with zero attached hydrogens (tertiary/aromatic N) is 5. The van der Waals surface area contributed by atoms with Crippen molar-refractivity contribution >= 4 is 39.4 Å². The Kier molecular flexibility index (Phi) is 6.30. The molecule has 0 amide bonds. The third kappa shape index (κ3) is 5.27. The summed E-state index contributed by atoms with van der Waals surface area (Å²) >= 11 is 1.35. The second-order valence-corrected chi connectivity index (χ2v) is 9.73. The zero-order valence-corrected chi connectivity index (χ0v) is 18.0. The van der Waals surface area contributed by atoms with Crippen molar-refractivity contribution in [1.82, 2.24) is 24.2 Å². The first kappa shape index (κ1) is 21.4. The van der Waals surface area contributed by atoms with E-state index in [2.05, 4.69) is 25.3 Å². The number of nitrogen functional groups attached to an aromatic ring is 1. The highest BCUT2D eigenvalue weighted by Crippen LogP contribution is 2.24. The predicted molar refractivity (Wildman–Crippen MR) is 116 cm³/mol. The SMILES string of the molecule is Nc1nc(CSc2ccc(S(=O)(=O)N3CCCC3)cn2)nc(Nc2ccc(F)cc2)n1. The average Bonchev–Trinajstić information content (AvgIpc) is 3.30. The van der Waals surface area contributed by atoms with Crippen molar-refractivity contribution in [2.24, 2.45) is 0 Å². The Labute approximate surface area is 183 Å². The molecule has 1 aromatic carbocycles. The van der Waals surface area contributed by atoms with Crippen LogP contribution in [-0.2, 0) is 15.8 Å². The van der Waals surface area contributed by atoms with Crippen LogP contribution in [0.3, 0.4) is 0 Å². The van der Waals surface area contributed by atoms with E-state index in [0.29, 0.717) is 35.4 Å². The largest absolute Gasteiger partial charge is 0.368 e. The molecule has 0 unspecified atom stereocenters. The van der Waals surface area contributed by atoms with Crippen molar-refractivity contribution in [2.45, 2.75) is 28.5 Å². The van der Waals surface area contributed by atoms with E-state index in [0.717, 1.165) is 12.8 Å². The van der Waals surface area contributed by atoms with Crippen LogP contribution < -0.4 is 11.1 Å². The molecule has 0 aliphatic carbocycles. The first-order chi connectivity index (χ1) is 14.9. The summed E-state index contributed by atoms with van der Waals surface area (Å²) < 4.78 is 39.7. The summed E-state index contributed by atoms with van der Waals surface area (Å²) in [6.07, 6.45) is 3.14. The van der Waals surface area contributed by atoms with Gasteiger partial charge in [0.2, 0.25) is 21.9 Å². The number of pyridine rings is 1. The Morgan fingerprint density at radius 3 is 2.48 bits per heavy atom. The van der Waals surface area contributed by atoms with Gasteiger partial charge in [-0.05, 0) is 49.2 Å². The monoisotopic (exact) mass is 461 g/mol. The van der Waals surface area contributed by atoms with Gasteiger partial charge in [-0.25, -0.2) is 17.8 Å². The standard InChI is InChI=1S/C19H20FN7O2S2/c20-13-3-5-14(6-4-13)23-19-25-16(24-18(21)26-19)12-30-17-8-7-15(11-22-17)31(28,29)27-9-1-2-10-27/h3-8,11H,1-2,9-10,12H2,(H3,21,23,24,25,26). The molecule has 0 radical (unpaired) electrons. The van der Waals surface area contributed by atoms with E-state index in [9.17, 15) is 12.8 Å². The maximum atomic E-state index is 13.1. The number of sulfonamides is 1. The smallest absolute Gasteiger partial charge is 0.244 e. The number of halogens is 1. The van der Waals surface area contributed by atoms with Gasteiger partial charge in [0.1, 0.15) is 16.5 Å². The van der Waals surface area contributed by atoms with Gasteiger partial charge in [0.05, 0.1) is 10.8 Å². The maximum absolute atomic E-state index is 13.1. The van der Waals surface area contributed by atoms with Gasteiger partial charge in [0, 0.05) is 25.0 Å². The molecule has 12 heteroatoms. The van der Waals surface area contributed by atoms with Gasteiger partial charge in [0.25, 0.3) is 0 Å². The first-order valence-corrected chi connectivity index (χ1v) is 11.9. The molecule has 1 aliphatic rings. The lowest BCUT2D eigenvalue weighted by Gasteiger charge is -2.15. The molecule has 3 N–H and O–H groups in total. The summed E-state index contributed by atoms with van der Waals surface area (Å²) in [6, 6.07) is 8.99. The molecule has 1 saturated heterocycles. The third-order valence-electron chi connectivity index (χ3n) is 4.56. The van der Waals surface area contributed by atoms with Crippen LogP contribution in [0.1, 0.15) is 18.7 Å². The zero-order chi connectivity index (χ0) is 21.8. The fourth-order valence-corrected chi connectivity index (χ4v) is 5.20. The van der Waals surface area contributed by atoms with E-state index in [-0.39, 0.29) is 22.6 Å². The summed E-state index contributed by atoms with van der Waals surface area (Å²) in [4.78, 5) is 16.9. The number of thioether (sulfide) groups is 1. The summed E-state index contributed by atoms with van der Waals surface area (Å²) in [5, 5.41) is 3.59. The highest BCUT2D eigenvalue weighted by Gasteiger charge is 2.27. The van der Waals surface area contributed by atoms with Crippen LogP contribution in [-0.4, -0.2) is 45.7 Å². The molecule has 9 nitrogen and oxygen atoms in total. The van der Waals surface area contributed by atoms with Gasteiger partial charge in [0.15, 0.2) is 0 Å². The molecule has 0 saturated carbocycles. The molecular weight excluding hydrogens is 441 g/mol. The summed E-state index contributed by atoms with van der Waals surface area (Å²) in [5.74, 6) is 0.739. The fourth-order valence-electron chi connectivity index (χ4n) is 3.04. The minimum absolute atomic E-state index is 0.0511. The molecule has 1 fully saturated rings.